The number of carbonyl (C=O) groups is 1. The van der Waals surface area contributed by atoms with E-state index in [4.69, 9.17) is 0 Å². The molecule has 1 saturated heterocycles. The number of carbonyl (C=O) groups excluding carboxylic acids is 1. The highest BCUT2D eigenvalue weighted by Crippen LogP contribution is 2.16. The van der Waals surface area contributed by atoms with Crippen molar-refractivity contribution in [2.75, 3.05) is 19.6 Å². The van der Waals surface area contributed by atoms with Gasteiger partial charge in [0.15, 0.2) is 0 Å². The molecule has 1 heterocycles. The van der Waals surface area contributed by atoms with Crippen LogP contribution in [0.1, 0.15) is 23.2 Å². The van der Waals surface area contributed by atoms with Crippen LogP contribution in [0.2, 0.25) is 0 Å². The third-order valence-corrected chi connectivity index (χ3v) is 3.27. The third-order valence-electron chi connectivity index (χ3n) is 3.27. The molecule has 1 aromatic rings. The van der Waals surface area contributed by atoms with E-state index in [2.05, 4.69) is 15.4 Å². The van der Waals surface area contributed by atoms with Crippen molar-refractivity contribution in [1.29, 1.82) is 0 Å². The maximum atomic E-state index is 12.1. The molecule has 1 aromatic carbocycles. The number of hydrogen-bond acceptors (Lipinski definition) is 3. The summed E-state index contributed by atoms with van der Waals surface area (Å²) >= 11 is 0. The van der Waals surface area contributed by atoms with Gasteiger partial charge >= 0.3 is 6.61 Å². The van der Waals surface area contributed by atoms with Crippen molar-refractivity contribution in [3.8, 4) is 5.75 Å². The van der Waals surface area contributed by atoms with E-state index in [0.717, 1.165) is 25.9 Å². The average Bonchev–Trinajstić information content (AvgIpc) is 2.45. The molecule has 6 heteroatoms. The summed E-state index contributed by atoms with van der Waals surface area (Å²) < 4.78 is 28.5. The Morgan fingerprint density at radius 2 is 2.35 bits per heavy atom. The van der Waals surface area contributed by atoms with Gasteiger partial charge in [-0.15, -0.1) is 0 Å². The first kappa shape index (κ1) is 14.7. The maximum absolute atomic E-state index is 12.1. The van der Waals surface area contributed by atoms with Gasteiger partial charge in [0, 0.05) is 12.1 Å². The summed E-state index contributed by atoms with van der Waals surface area (Å²) in [6, 6.07) is 5.82. The molecule has 1 atom stereocenters. The first-order chi connectivity index (χ1) is 9.65. The Balaban J connectivity index is 1.88. The lowest BCUT2D eigenvalue weighted by atomic mass is 9.99. The molecular formula is C14H18F2N2O2. The van der Waals surface area contributed by atoms with Crippen LogP contribution in [-0.4, -0.2) is 32.2 Å². The molecule has 1 fully saturated rings. The van der Waals surface area contributed by atoms with Gasteiger partial charge in [0.2, 0.25) is 0 Å². The first-order valence-corrected chi connectivity index (χ1v) is 6.69. The van der Waals surface area contributed by atoms with Crippen LogP contribution in [0.5, 0.6) is 5.75 Å². The summed E-state index contributed by atoms with van der Waals surface area (Å²) in [5, 5.41) is 6.10. The predicted octanol–water partition coefficient (Wildman–Crippen LogP) is 2.02. The lowest BCUT2D eigenvalue weighted by molar-refractivity contribution is -0.0498. The van der Waals surface area contributed by atoms with Gasteiger partial charge in [-0.3, -0.25) is 4.79 Å². The number of rotatable bonds is 5. The minimum atomic E-state index is -2.89. The maximum Gasteiger partial charge on any atom is 0.387 e. The zero-order valence-corrected chi connectivity index (χ0v) is 11.1. The molecule has 0 aliphatic carbocycles. The highest BCUT2D eigenvalue weighted by Gasteiger charge is 2.15. The molecule has 0 bridgehead atoms. The Morgan fingerprint density at radius 3 is 3.05 bits per heavy atom. The molecule has 0 saturated carbocycles. The first-order valence-electron chi connectivity index (χ1n) is 6.69. The fraction of sp³-hybridized carbons (Fsp3) is 0.500. The van der Waals surface area contributed by atoms with Gasteiger partial charge in [0.05, 0.1) is 0 Å². The molecule has 0 aromatic heterocycles. The summed E-state index contributed by atoms with van der Waals surface area (Å²) in [5.41, 5.74) is 0.326. The van der Waals surface area contributed by atoms with Crippen molar-refractivity contribution in [2.24, 2.45) is 5.92 Å². The van der Waals surface area contributed by atoms with E-state index < -0.39 is 6.61 Å². The van der Waals surface area contributed by atoms with E-state index in [9.17, 15) is 13.6 Å². The minimum absolute atomic E-state index is 0.00742. The molecule has 1 aliphatic rings. The Kier molecular flexibility index (Phi) is 5.29. The summed E-state index contributed by atoms with van der Waals surface area (Å²) in [7, 11) is 0. The molecule has 0 spiro atoms. The van der Waals surface area contributed by atoms with Crippen molar-refractivity contribution < 1.29 is 18.3 Å². The predicted molar refractivity (Wildman–Crippen MR) is 71.0 cm³/mol. The molecular weight excluding hydrogens is 266 g/mol. The Labute approximate surface area is 116 Å². The molecule has 1 amide bonds. The van der Waals surface area contributed by atoms with Gasteiger partial charge in [0.25, 0.3) is 5.91 Å². The van der Waals surface area contributed by atoms with Crippen LogP contribution < -0.4 is 15.4 Å². The molecule has 0 radical (unpaired) electrons. The second-order valence-electron chi connectivity index (χ2n) is 4.83. The van der Waals surface area contributed by atoms with E-state index >= 15 is 0 Å². The second-order valence-corrected chi connectivity index (χ2v) is 4.83. The monoisotopic (exact) mass is 284 g/mol. The number of hydrogen-bond donors (Lipinski definition) is 2. The Hall–Kier alpha value is -1.69. The van der Waals surface area contributed by atoms with Crippen LogP contribution in [0, 0.1) is 5.92 Å². The summed E-state index contributed by atoms with van der Waals surface area (Å²) in [4.78, 5) is 12.0. The number of alkyl halides is 2. The van der Waals surface area contributed by atoms with E-state index in [1.165, 1.54) is 18.2 Å². The summed E-state index contributed by atoms with van der Waals surface area (Å²) in [5.74, 6) is 0.149. The third kappa shape index (κ3) is 4.45. The van der Waals surface area contributed by atoms with Crippen molar-refractivity contribution in [3.05, 3.63) is 29.8 Å². The zero-order chi connectivity index (χ0) is 14.4. The SMILES string of the molecule is O=C(NCC1CCCNC1)c1cccc(OC(F)F)c1. The molecule has 110 valence electrons. The molecule has 2 rings (SSSR count). The topological polar surface area (TPSA) is 50.4 Å². The van der Waals surface area contributed by atoms with Gasteiger partial charge in [-0.25, -0.2) is 0 Å². The van der Waals surface area contributed by atoms with Crippen LogP contribution in [0.3, 0.4) is 0 Å². The van der Waals surface area contributed by atoms with Crippen LogP contribution in [0.4, 0.5) is 8.78 Å². The number of ether oxygens (including phenoxy) is 1. The average molecular weight is 284 g/mol. The van der Waals surface area contributed by atoms with Crippen molar-refractivity contribution in [2.45, 2.75) is 19.5 Å². The highest BCUT2D eigenvalue weighted by molar-refractivity contribution is 5.94. The fourth-order valence-electron chi connectivity index (χ4n) is 2.25. The molecule has 1 aliphatic heterocycles. The van der Waals surface area contributed by atoms with Gasteiger partial charge in [0.1, 0.15) is 5.75 Å². The number of benzene rings is 1. The number of halogens is 2. The smallest absolute Gasteiger partial charge is 0.387 e. The summed E-state index contributed by atoms with van der Waals surface area (Å²) in [6.45, 7) is -0.375. The Bertz CT molecular complexity index is 449. The number of piperidine rings is 1. The minimum Gasteiger partial charge on any atom is -0.435 e. The van der Waals surface area contributed by atoms with E-state index in [0.29, 0.717) is 18.0 Å². The zero-order valence-electron chi connectivity index (χ0n) is 11.1. The van der Waals surface area contributed by atoms with Gasteiger partial charge in [-0.1, -0.05) is 6.07 Å². The lowest BCUT2D eigenvalue weighted by Gasteiger charge is -2.22. The van der Waals surface area contributed by atoms with Crippen LogP contribution >= 0.6 is 0 Å². The highest BCUT2D eigenvalue weighted by atomic mass is 19.3. The summed E-state index contributed by atoms with van der Waals surface area (Å²) in [6.07, 6.45) is 2.19. The largest absolute Gasteiger partial charge is 0.435 e. The lowest BCUT2D eigenvalue weighted by Crippen LogP contribution is -2.38. The van der Waals surface area contributed by atoms with Gasteiger partial charge in [-0.05, 0) is 50.0 Å². The normalized spacial score (nSPS) is 18.9. The quantitative estimate of drug-likeness (QED) is 0.869. The molecule has 1 unspecified atom stereocenters. The van der Waals surface area contributed by atoms with Gasteiger partial charge in [-0.2, -0.15) is 8.78 Å². The standard InChI is InChI=1S/C14H18F2N2O2/c15-14(16)20-12-5-1-4-11(7-12)13(19)18-9-10-3-2-6-17-8-10/h1,4-5,7,10,14,17H,2-3,6,8-9H2,(H,18,19). The van der Waals surface area contributed by atoms with E-state index in [1.807, 2.05) is 0 Å². The van der Waals surface area contributed by atoms with Crippen LogP contribution in [0.25, 0.3) is 0 Å². The molecule has 20 heavy (non-hydrogen) atoms. The number of amides is 1. The van der Waals surface area contributed by atoms with E-state index in [-0.39, 0.29) is 11.7 Å². The fourth-order valence-corrected chi connectivity index (χ4v) is 2.25. The molecule has 2 N–H and O–H groups in total. The molecule has 4 nitrogen and oxygen atoms in total. The van der Waals surface area contributed by atoms with Crippen molar-refractivity contribution in [1.82, 2.24) is 10.6 Å². The van der Waals surface area contributed by atoms with Crippen LogP contribution in [0.15, 0.2) is 24.3 Å². The van der Waals surface area contributed by atoms with Crippen molar-refractivity contribution in [3.63, 3.8) is 0 Å². The Morgan fingerprint density at radius 1 is 1.50 bits per heavy atom. The van der Waals surface area contributed by atoms with E-state index in [1.54, 1.807) is 6.07 Å². The number of nitrogens with one attached hydrogen (secondary N) is 2. The second kappa shape index (κ2) is 7.19. The van der Waals surface area contributed by atoms with Crippen molar-refractivity contribution >= 4 is 5.91 Å². The van der Waals surface area contributed by atoms with Gasteiger partial charge < -0.3 is 15.4 Å². The van der Waals surface area contributed by atoms with Crippen LogP contribution in [-0.2, 0) is 0 Å².